The summed E-state index contributed by atoms with van der Waals surface area (Å²) in [5.41, 5.74) is 4.90. The standard InChI is InChI=1S/C20H22BN5O/c21-14-7-1-2-8-16(14)24-18(27)12-23-19-13-6-5-10-15(13)25-20(26-19)17-9-3-4-11-22-17/h1-3,7-9H,4-6,10-12,21H2,(H,24,27)(H,23,25,26). The zero-order valence-corrected chi connectivity index (χ0v) is 15.5. The number of nitrogens with zero attached hydrogens (tertiary/aromatic N) is 3. The van der Waals surface area contributed by atoms with Crippen molar-refractivity contribution in [3.05, 3.63) is 53.5 Å². The van der Waals surface area contributed by atoms with Gasteiger partial charge in [0.25, 0.3) is 0 Å². The second-order valence-corrected chi connectivity index (χ2v) is 6.85. The van der Waals surface area contributed by atoms with Crippen molar-refractivity contribution in [2.75, 3.05) is 23.7 Å². The zero-order valence-electron chi connectivity index (χ0n) is 15.5. The molecule has 4 rings (SSSR count). The van der Waals surface area contributed by atoms with E-state index < -0.39 is 0 Å². The molecule has 0 spiro atoms. The molecule has 2 N–H and O–H groups in total. The number of allylic oxidation sites excluding steroid dienone is 1. The number of rotatable bonds is 5. The summed E-state index contributed by atoms with van der Waals surface area (Å²) in [5.74, 6) is 1.31. The number of carbonyl (C=O) groups excluding carboxylic acids is 1. The maximum absolute atomic E-state index is 12.4. The summed E-state index contributed by atoms with van der Waals surface area (Å²) < 4.78 is 0. The number of aryl methyl sites for hydroxylation is 1. The zero-order chi connectivity index (χ0) is 18.6. The molecule has 136 valence electrons. The first-order chi connectivity index (χ1) is 13.2. The van der Waals surface area contributed by atoms with Crippen LogP contribution in [0.15, 0.2) is 41.4 Å². The normalized spacial score (nSPS) is 15.2. The number of nitrogens with one attached hydrogen (secondary N) is 2. The van der Waals surface area contributed by atoms with Gasteiger partial charge in [-0.3, -0.25) is 9.79 Å². The average molecular weight is 359 g/mol. The van der Waals surface area contributed by atoms with E-state index in [1.54, 1.807) is 0 Å². The minimum atomic E-state index is -0.0916. The van der Waals surface area contributed by atoms with Crippen LogP contribution < -0.4 is 16.1 Å². The molecule has 2 heterocycles. The molecule has 27 heavy (non-hydrogen) atoms. The van der Waals surface area contributed by atoms with Crippen molar-refractivity contribution in [1.29, 1.82) is 0 Å². The molecule has 1 aromatic heterocycles. The van der Waals surface area contributed by atoms with E-state index in [0.717, 1.165) is 66.2 Å². The van der Waals surface area contributed by atoms with Crippen LogP contribution >= 0.6 is 0 Å². The smallest absolute Gasteiger partial charge is 0.243 e. The molecular formula is C20H22BN5O. The molecule has 1 aliphatic carbocycles. The van der Waals surface area contributed by atoms with Gasteiger partial charge in [0.15, 0.2) is 5.82 Å². The van der Waals surface area contributed by atoms with E-state index in [0.29, 0.717) is 5.82 Å². The van der Waals surface area contributed by atoms with Gasteiger partial charge >= 0.3 is 0 Å². The lowest BCUT2D eigenvalue weighted by Crippen LogP contribution is -2.26. The molecule has 0 fully saturated rings. The van der Waals surface area contributed by atoms with Gasteiger partial charge in [0.2, 0.25) is 5.91 Å². The number of amides is 1. The summed E-state index contributed by atoms with van der Waals surface area (Å²) in [6.07, 6.45) is 8.00. The van der Waals surface area contributed by atoms with Crippen LogP contribution in [-0.2, 0) is 17.6 Å². The Morgan fingerprint density at radius 2 is 2.07 bits per heavy atom. The van der Waals surface area contributed by atoms with E-state index in [-0.39, 0.29) is 12.5 Å². The molecule has 0 radical (unpaired) electrons. The van der Waals surface area contributed by atoms with Gasteiger partial charge < -0.3 is 10.6 Å². The fourth-order valence-electron chi connectivity index (χ4n) is 3.42. The first-order valence-corrected chi connectivity index (χ1v) is 9.41. The van der Waals surface area contributed by atoms with Crippen molar-refractivity contribution < 1.29 is 4.79 Å². The van der Waals surface area contributed by atoms with E-state index in [1.807, 2.05) is 38.2 Å². The lowest BCUT2D eigenvalue weighted by Gasteiger charge is -2.14. The summed E-state index contributed by atoms with van der Waals surface area (Å²) in [7, 11) is 1.98. The van der Waals surface area contributed by atoms with Crippen molar-refractivity contribution in [3.8, 4) is 0 Å². The first kappa shape index (κ1) is 17.5. The first-order valence-electron chi connectivity index (χ1n) is 9.41. The number of aromatic nitrogens is 2. The molecule has 2 aromatic rings. The minimum Gasteiger partial charge on any atom is -0.361 e. The summed E-state index contributed by atoms with van der Waals surface area (Å²) in [4.78, 5) is 26.3. The van der Waals surface area contributed by atoms with Crippen LogP contribution in [0.4, 0.5) is 11.5 Å². The van der Waals surface area contributed by atoms with Crippen LogP contribution in [0.2, 0.25) is 0 Å². The number of aliphatic imine (C=N–C) groups is 1. The molecule has 1 aromatic carbocycles. The van der Waals surface area contributed by atoms with Gasteiger partial charge in [-0.1, -0.05) is 29.7 Å². The predicted molar refractivity (Wildman–Crippen MR) is 111 cm³/mol. The quantitative estimate of drug-likeness (QED) is 0.782. The van der Waals surface area contributed by atoms with Crippen molar-refractivity contribution in [1.82, 2.24) is 9.97 Å². The lowest BCUT2D eigenvalue weighted by molar-refractivity contribution is -0.114. The fraction of sp³-hybridized carbons (Fsp3) is 0.300. The number of para-hydroxylation sites is 1. The van der Waals surface area contributed by atoms with Crippen LogP contribution in [0.1, 0.15) is 29.9 Å². The van der Waals surface area contributed by atoms with Crippen LogP contribution in [0.3, 0.4) is 0 Å². The molecule has 0 atom stereocenters. The largest absolute Gasteiger partial charge is 0.361 e. The number of fused-ring (bicyclic) bond motifs is 1. The Labute approximate surface area is 159 Å². The SMILES string of the molecule is Bc1ccccc1NC(=O)CNc1nc(C2=NCCC=C2)nc2c1CCC2. The van der Waals surface area contributed by atoms with E-state index >= 15 is 0 Å². The maximum atomic E-state index is 12.4. The third-order valence-corrected chi connectivity index (χ3v) is 4.85. The monoisotopic (exact) mass is 359 g/mol. The van der Waals surface area contributed by atoms with Gasteiger partial charge in [0.1, 0.15) is 19.4 Å². The molecule has 1 aliphatic heterocycles. The number of dihydropyridines is 1. The Morgan fingerprint density at radius 1 is 1.19 bits per heavy atom. The summed E-state index contributed by atoms with van der Waals surface area (Å²) in [6.45, 7) is 0.938. The average Bonchev–Trinajstić information content (AvgIpc) is 3.17. The van der Waals surface area contributed by atoms with Gasteiger partial charge in [-0.15, -0.1) is 0 Å². The highest BCUT2D eigenvalue weighted by atomic mass is 16.1. The number of carbonyl (C=O) groups is 1. The summed E-state index contributed by atoms with van der Waals surface area (Å²) in [5, 5.41) is 6.17. The van der Waals surface area contributed by atoms with Crippen molar-refractivity contribution in [2.24, 2.45) is 4.99 Å². The molecule has 2 aliphatic rings. The number of hydrogen-bond acceptors (Lipinski definition) is 5. The van der Waals surface area contributed by atoms with Crippen molar-refractivity contribution >= 4 is 36.4 Å². The Balaban J connectivity index is 1.50. The Kier molecular flexibility index (Phi) is 5.00. The van der Waals surface area contributed by atoms with Crippen LogP contribution in [0, 0.1) is 0 Å². The summed E-state index contributed by atoms with van der Waals surface area (Å²) >= 11 is 0. The third kappa shape index (κ3) is 3.92. The van der Waals surface area contributed by atoms with Gasteiger partial charge in [0.05, 0.1) is 6.54 Å². The van der Waals surface area contributed by atoms with E-state index in [9.17, 15) is 4.79 Å². The number of benzene rings is 1. The second kappa shape index (κ2) is 7.74. The lowest BCUT2D eigenvalue weighted by atomic mass is 9.94. The highest BCUT2D eigenvalue weighted by Gasteiger charge is 2.21. The molecule has 0 unspecified atom stereocenters. The maximum Gasteiger partial charge on any atom is 0.243 e. The third-order valence-electron chi connectivity index (χ3n) is 4.85. The van der Waals surface area contributed by atoms with E-state index in [4.69, 9.17) is 4.98 Å². The second-order valence-electron chi connectivity index (χ2n) is 6.85. The van der Waals surface area contributed by atoms with E-state index in [2.05, 4.69) is 26.7 Å². The van der Waals surface area contributed by atoms with Crippen LogP contribution in [0.5, 0.6) is 0 Å². The molecule has 0 saturated carbocycles. The molecule has 0 saturated heterocycles. The Morgan fingerprint density at radius 3 is 2.89 bits per heavy atom. The van der Waals surface area contributed by atoms with Gasteiger partial charge in [-0.25, -0.2) is 9.97 Å². The number of hydrogen-bond donors (Lipinski definition) is 2. The van der Waals surface area contributed by atoms with Crippen molar-refractivity contribution in [3.63, 3.8) is 0 Å². The topological polar surface area (TPSA) is 79.3 Å². The van der Waals surface area contributed by atoms with Crippen LogP contribution in [-0.4, -0.2) is 42.5 Å². The van der Waals surface area contributed by atoms with Gasteiger partial charge in [-0.05, 0) is 37.8 Å². The Hall–Kier alpha value is -2.96. The molecule has 1 amide bonds. The van der Waals surface area contributed by atoms with Crippen molar-refractivity contribution in [2.45, 2.75) is 25.7 Å². The predicted octanol–water partition coefficient (Wildman–Crippen LogP) is 1.02. The molecule has 0 bridgehead atoms. The fourth-order valence-corrected chi connectivity index (χ4v) is 3.42. The molecule has 7 heteroatoms. The highest BCUT2D eigenvalue weighted by Crippen LogP contribution is 2.26. The van der Waals surface area contributed by atoms with E-state index in [1.165, 1.54) is 0 Å². The van der Waals surface area contributed by atoms with Crippen LogP contribution in [0.25, 0.3) is 0 Å². The number of anilines is 2. The summed E-state index contributed by atoms with van der Waals surface area (Å²) in [6, 6.07) is 7.75. The highest BCUT2D eigenvalue weighted by molar-refractivity contribution is 6.36. The Bertz CT molecular complexity index is 938. The molecule has 6 nitrogen and oxygen atoms in total. The van der Waals surface area contributed by atoms with Gasteiger partial charge in [0, 0.05) is 23.5 Å². The minimum absolute atomic E-state index is 0.0916. The molecular weight excluding hydrogens is 337 g/mol. The van der Waals surface area contributed by atoms with Gasteiger partial charge in [-0.2, -0.15) is 0 Å².